The van der Waals surface area contributed by atoms with E-state index in [0.29, 0.717) is 31.1 Å². The number of rotatable bonds is 7. The van der Waals surface area contributed by atoms with E-state index in [1.54, 1.807) is 19.1 Å². The minimum Gasteiger partial charge on any atom is -0.462 e. The second-order valence-corrected chi connectivity index (χ2v) is 4.23. The minimum absolute atomic E-state index is 0.152. The summed E-state index contributed by atoms with van der Waals surface area (Å²) < 4.78 is 10.3. The van der Waals surface area contributed by atoms with E-state index < -0.39 is 5.97 Å². The van der Waals surface area contributed by atoms with Gasteiger partial charge in [-0.15, -0.1) is 0 Å². The molecule has 19 heavy (non-hydrogen) atoms. The predicted molar refractivity (Wildman–Crippen MR) is 76.4 cm³/mol. The predicted octanol–water partition coefficient (Wildman–Crippen LogP) is 2.28. The maximum absolute atomic E-state index is 11.7. The van der Waals surface area contributed by atoms with Crippen molar-refractivity contribution in [3.63, 3.8) is 0 Å². The molecule has 1 unspecified atom stereocenters. The number of ether oxygens (including phenoxy) is 2. The monoisotopic (exact) mass is 266 g/mol. The molecule has 1 aromatic rings. The second-order valence-electron chi connectivity index (χ2n) is 4.23. The number of hydrogen-bond donors (Lipinski definition) is 2. The number of nitrogen functional groups attached to an aromatic ring is 1. The lowest BCUT2D eigenvalue weighted by atomic mass is 10.1. The first-order valence-corrected chi connectivity index (χ1v) is 6.49. The molecule has 0 radical (unpaired) electrons. The van der Waals surface area contributed by atoms with Gasteiger partial charge in [-0.25, -0.2) is 4.79 Å². The molecule has 0 heterocycles. The summed E-state index contributed by atoms with van der Waals surface area (Å²) in [4.78, 5) is 11.7. The molecular formula is C14H22N2O3. The Kier molecular flexibility index (Phi) is 6.15. The number of carbonyl (C=O) groups is 1. The summed E-state index contributed by atoms with van der Waals surface area (Å²) in [6.07, 6.45) is 0. The molecule has 1 rings (SSSR count). The molecule has 0 saturated heterocycles. The van der Waals surface area contributed by atoms with Crippen molar-refractivity contribution in [1.82, 2.24) is 0 Å². The Morgan fingerprint density at radius 1 is 1.37 bits per heavy atom. The van der Waals surface area contributed by atoms with Crippen molar-refractivity contribution in [3.8, 4) is 0 Å². The number of hydrogen-bond acceptors (Lipinski definition) is 5. The van der Waals surface area contributed by atoms with E-state index in [1.807, 2.05) is 19.9 Å². The van der Waals surface area contributed by atoms with Crippen molar-refractivity contribution in [1.29, 1.82) is 0 Å². The molecule has 0 amide bonds. The van der Waals surface area contributed by atoms with Crippen LogP contribution in [-0.2, 0) is 9.47 Å². The molecule has 0 aliphatic heterocycles. The highest BCUT2D eigenvalue weighted by atomic mass is 16.5. The van der Waals surface area contributed by atoms with Crippen LogP contribution < -0.4 is 11.1 Å². The fourth-order valence-electron chi connectivity index (χ4n) is 1.65. The van der Waals surface area contributed by atoms with Crippen molar-refractivity contribution in [2.45, 2.75) is 26.8 Å². The van der Waals surface area contributed by atoms with Crippen molar-refractivity contribution < 1.29 is 14.3 Å². The molecule has 0 spiro atoms. The summed E-state index contributed by atoms with van der Waals surface area (Å²) in [6, 6.07) is 5.39. The second kappa shape index (κ2) is 7.63. The lowest BCUT2D eigenvalue weighted by molar-refractivity contribution is 0.0527. The van der Waals surface area contributed by atoms with E-state index in [2.05, 4.69) is 5.32 Å². The highest BCUT2D eigenvalue weighted by Crippen LogP contribution is 2.19. The molecule has 0 fully saturated rings. The highest BCUT2D eigenvalue weighted by molar-refractivity contribution is 5.96. The van der Waals surface area contributed by atoms with Crippen LogP contribution in [0.2, 0.25) is 0 Å². The smallest absolute Gasteiger partial charge is 0.340 e. The molecule has 5 nitrogen and oxygen atoms in total. The molecule has 3 N–H and O–H groups in total. The Balaban J connectivity index is 2.75. The zero-order chi connectivity index (χ0) is 14.3. The van der Waals surface area contributed by atoms with Gasteiger partial charge in [-0.3, -0.25) is 0 Å². The van der Waals surface area contributed by atoms with Gasteiger partial charge in [0.25, 0.3) is 0 Å². The maximum atomic E-state index is 11.7. The van der Waals surface area contributed by atoms with Gasteiger partial charge in [0.1, 0.15) is 0 Å². The maximum Gasteiger partial charge on any atom is 0.340 e. The number of nitrogens with two attached hydrogens (primary N) is 1. The Morgan fingerprint density at radius 3 is 2.74 bits per heavy atom. The SMILES string of the molecule is CCOCC(C)Nc1ccc(N)c(C(=O)OCC)c1. The van der Waals surface area contributed by atoms with E-state index in [-0.39, 0.29) is 6.04 Å². The van der Waals surface area contributed by atoms with Gasteiger partial charge >= 0.3 is 5.97 Å². The average Bonchev–Trinajstić information content (AvgIpc) is 2.39. The summed E-state index contributed by atoms with van der Waals surface area (Å²) in [5.41, 5.74) is 7.40. The van der Waals surface area contributed by atoms with Gasteiger partial charge in [0.15, 0.2) is 0 Å². The van der Waals surface area contributed by atoms with Crippen LogP contribution in [0.5, 0.6) is 0 Å². The van der Waals surface area contributed by atoms with Crippen LogP contribution in [0.4, 0.5) is 11.4 Å². The quantitative estimate of drug-likeness (QED) is 0.585. The lowest BCUT2D eigenvalue weighted by Crippen LogP contribution is -2.22. The van der Waals surface area contributed by atoms with Gasteiger partial charge in [0.05, 0.1) is 18.8 Å². The number of benzene rings is 1. The largest absolute Gasteiger partial charge is 0.462 e. The molecule has 0 aliphatic carbocycles. The summed E-state index contributed by atoms with van der Waals surface area (Å²) in [6.45, 7) is 7.35. The van der Waals surface area contributed by atoms with Crippen LogP contribution in [-0.4, -0.2) is 31.8 Å². The van der Waals surface area contributed by atoms with Crippen LogP contribution in [0.1, 0.15) is 31.1 Å². The lowest BCUT2D eigenvalue weighted by Gasteiger charge is -2.16. The first-order valence-electron chi connectivity index (χ1n) is 6.49. The van der Waals surface area contributed by atoms with Crippen molar-refractivity contribution in [3.05, 3.63) is 23.8 Å². The molecule has 0 aromatic heterocycles. The minimum atomic E-state index is -0.402. The Hall–Kier alpha value is -1.75. The summed E-state index contributed by atoms with van der Waals surface area (Å²) in [5, 5.41) is 3.25. The Morgan fingerprint density at radius 2 is 2.11 bits per heavy atom. The van der Waals surface area contributed by atoms with E-state index >= 15 is 0 Å². The standard InChI is InChI=1S/C14H22N2O3/c1-4-18-9-10(3)16-11-6-7-13(15)12(8-11)14(17)19-5-2/h6-8,10,16H,4-5,9,15H2,1-3H3. The van der Waals surface area contributed by atoms with Crippen molar-refractivity contribution >= 4 is 17.3 Å². The van der Waals surface area contributed by atoms with Gasteiger partial charge < -0.3 is 20.5 Å². The molecule has 0 aliphatic rings. The topological polar surface area (TPSA) is 73.6 Å². The first kappa shape index (κ1) is 15.3. The van der Waals surface area contributed by atoms with E-state index in [9.17, 15) is 4.79 Å². The molecule has 0 saturated carbocycles. The summed E-state index contributed by atoms with van der Waals surface area (Å²) >= 11 is 0. The summed E-state index contributed by atoms with van der Waals surface area (Å²) in [7, 11) is 0. The van der Waals surface area contributed by atoms with Crippen LogP contribution in [0.3, 0.4) is 0 Å². The van der Waals surface area contributed by atoms with Gasteiger partial charge in [-0.05, 0) is 39.0 Å². The fourth-order valence-corrected chi connectivity index (χ4v) is 1.65. The number of carbonyl (C=O) groups excluding carboxylic acids is 1. The zero-order valence-electron chi connectivity index (χ0n) is 11.7. The normalized spacial score (nSPS) is 11.9. The average molecular weight is 266 g/mol. The van der Waals surface area contributed by atoms with Crippen molar-refractivity contribution in [2.75, 3.05) is 30.9 Å². The van der Waals surface area contributed by atoms with Gasteiger partial charge in [-0.2, -0.15) is 0 Å². The van der Waals surface area contributed by atoms with Crippen LogP contribution in [0.25, 0.3) is 0 Å². The third-order valence-electron chi connectivity index (χ3n) is 2.53. The molecular weight excluding hydrogens is 244 g/mol. The number of esters is 1. The van der Waals surface area contributed by atoms with Gasteiger partial charge in [0.2, 0.25) is 0 Å². The fraction of sp³-hybridized carbons (Fsp3) is 0.500. The number of nitrogens with one attached hydrogen (secondary N) is 1. The first-order chi connectivity index (χ1) is 9.08. The van der Waals surface area contributed by atoms with Gasteiger partial charge in [-0.1, -0.05) is 0 Å². The van der Waals surface area contributed by atoms with Crippen LogP contribution >= 0.6 is 0 Å². The molecule has 106 valence electrons. The third kappa shape index (κ3) is 4.79. The zero-order valence-corrected chi connectivity index (χ0v) is 11.7. The molecule has 1 aromatic carbocycles. The van der Waals surface area contributed by atoms with E-state index in [1.165, 1.54) is 0 Å². The molecule has 5 heteroatoms. The van der Waals surface area contributed by atoms with E-state index in [4.69, 9.17) is 15.2 Å². The van der Waals surface area contributed by atoms with Crippen LogP contribution in [0, 0.1) is 0 Å². The van der Waals surface area contributed by atoms with E-state index in [0.717, 1.165) is 5.69 Å². The number of anilines is 2. The van der Waals surface area contributed by atoms with Crippen LogP contribution in [0.15, 0.2) is 18.2 Å². The third-order valence-corrected chi connectivity index (χ3v) is 2.53. The highest BCUT2D eigenvalue weighted by Gasteiger charge is 2.12. The van der Waals surface area contributed by atoms with Gasteiger partial charge in [0, 0.05) is 24.0 Å². The molecule has 0 bridgehead atoms. The Bertz CT molecular complexity index is 421. The Labute approximate surface area is 114 Å². The molecule has 1 atom stereocenters. The summed E-state index contributed by atoms with van der Waals surface area (Å²) in [5.74, 6) is -0.402. The van der Waals surface area contributed by atoms with Crippen molar-refractivity contribution in [2.24, 2.45) is 0 Å².